The third kappa shape index (κ3) is 3.02. The van der Waals surface area contributed by atoms with E-state index in [1.807, 2.05) is 12.1 Å². The van der Waals surface area contributed by atoms with E-state index in [1.54, 1.807) is 12.1 Å². The molecule has 0 radical (unpaired) electrons. The second-order valence-electron chi connectivity index (χ2n) is 5.68. The van der Waals surface area contributed by atoms with E-state index in [-0.39, 0.29) is 0 Å². The van der Waals surface area contributed by atoms with Crippen molar-refractivity contribution in [2.45, 2.75) is 31.8 Å². The van der Waals surface area contributed by atoms with Crippen molar-refractivity contribution in [1.82, 2.24) is 4.90 Å². The average Bonchev–Trinajstić information content (AvgIpc) is 3.28. The predicted octanol–water partition coefficient (Wildman–Crippen LogP) is 3.77. The Morgan fingerprint density at radius 2 is 1.80 bits per heavy atom. The van der Waals surface area contributed by atoms with Crippen LogP contribution in [0.1, 0.15) is 30.5 Å². The normalized spacial score (nSPS) is 22.4. The fourth-order valence-electron chi connectivity index (χ4n) is 2.82. The van der Waals surface area contributed by atoms with E-state index < -0.39 is 0 Å². The molecule has 1 aliphatic rings. The zero-order valence-corrected chi connectivity index (χ0v) is 11.9. The van der Waals surface area contributed by atoms with Gasteiger partial charge in [0, 0.05) is 18.6 Å². The predicted molar refractivity (Wildman–Crippen MR) is 81.8 cm³/mol. The zero-order chi connectivity index (χ0) is 13.9. The molecule has 1 fully saturated rings. The standard InChI is InChI=1S/C18H21NO/c1-14(7-8-15-9-11-17(20)12-10-15)19-13-18(19)16-5-3-2-4-6-16/h2-6,9-12,14,18,20H,7-8,13H2,1H3/t14?,18?,19-/m0/s1. The molecule has 2 unspecified atom stereocenters. The summed E-state index contributed by atoms with van der Waals surface area (Å²) < 4.78 is 0. The number of phenolic OH excluding ortho intramolecular Hbond substituents is 1. The summed E-state index contributed by atoms with van der Waals surface area (Å²) in [6, 6.07) is 19.5. The summed E-state index contributed by atoms with van der Waals surface area (Å²) in [7, 11) is 0. The van der Waals surface area contributed by atoms with Crippen LogP contribution in [0.15, 0.2) is 54.6 Å². The summed E-state index contributed by atoms with van der Waals surface area (Å²) >= 11 is 0. The van der Waals surface area contributed by atoms with Crippen LogP contribution in [0.4, 0.5) is 0 Å². The van der Waals surface area contributed by atoms with Crippen LogP contribution in [0.3, 0.4) is 0 Å². The first kappa shape index (κ1) is 13.2. The Kier molecular flexibility index (Phi) is 3.75. The van der Waals surface area contributed by atoms with E-state index in [2.05, 4.69) is 42.2 Å². The van der Waals surface area contributed by atoms with Crippen molar-refractivity contribution in [3.63, 3.8) is 0 Å². The lowest BCUT2D eigenvalue weighted by molar-refractivity contribution is 0.376. The maximum Gasteiger partial charge on any atom is 0.115 e. The van der Waals surface area contributed by atoms with Crippen molar-refractivity contribution in [1.29, 1.82) is 0 Å². The van der Waals surface area contributed by atoms with Crippen molar-refractivity contribution >= 4 is 0 Å². The monoisotopic (exact) mass is 267 g/mol. The minimum atomic E-state index is 0.344. The van der Waals surface area contributed by atoms with E-state index in [4.69, 9.17) is 0 Å². The molecule has 0 bridgehead atoms. The molecule has 1 aliphatic heterocycles. The average molecular weight is 267 g/mol. The van der Waals surface area contributed by atoms with Crippen molar-refractivity contribution < 1.29 is 5.11 Å². The topological polar surface area (TPSA) is 23.2 Å². The quantitative estimate of drug-likeness (QED) is 0.833. The first-order valence-corrected chi connectivity index (χ1v) is 7.32. The Morgan fingerprint density at radius 1 is 1.10 bits per heavy atom. The maximum atomic E-state index is 9.28. The van der Waals surface area contributed by atoms with Gasteiger partial charge in [-0.05, 0) is 43.0 Å². The minimum Gasteiger partial charge on any atom is -0.508 e. The number of phenols is 1. The van der Waals surface area contributed by atoms with E-state index in [1.165, 1.54) is 17.7 Å². The van der Waals surface area contributed by atoms with Crippen LogP contribution in [-0.4, -0.2) is 22.6 Å². The molecule has 1 saturated heterocycles. The maximum absolute atomic E-state index is 9.28. The number of hydrogen-bond acceptors (Lipinski definition) is 2. The molecule has 3 atom stereocenters. The van der Waals surface area contributed by atoms with Crippen molar-refractivity contribution in [3.05, 3.63) is 65.7 Å². The molecule has 0 aromatic heterocycles. The summed E-state index contributed by atoms with van der Waals surface area (Å²) in [4.78, 5) is 2.55. The molecule has 0 saturated carbocycles. The smallest absolute Gasteiger partial charge is 0.115 e. The first-order chi connectivity index (χ1) is 9.74. The van der Waals surface area contributed by atoms with Crippen LogP contribution in [0.5, 0.6) is 5.75 Å². The van der Waals surface area contributed by atoms with Gasteiger partial charge in [-0.25, -0.2) is 0 Å². The summed E-state index contributed by atoms with van der Waals surface area (Å²) in [6.45, 7) is 3.49. The molecule has 0 spiro atoms. The largest absolute Gasteiger partial charge is 0.508 e. The number of hydrogen-bond donors (Lipinski definition) is 1. The van der Waals surface area contributed by atoms with Gasteiger partial charge in [-0.15, -0.1) is 0 Å². The number of aryl methyl sites for hydroxylation is 1. The molecule has 20 heavy (non-hydrogen) atoms. The van der Waals surface area contributed by atoms with E-state index >= 15 is 0 Å². The lowest BCUT2D eigenvalue weighted by Gasteiger charge is -2.14. The Balaban J connectivity index is 1.51. The van der Waals surface area contributed by atoms with Crippen LogP contribution in [0.2, 0.25) is 0 Å². The van der Waals surface area contributed by atoms with E-state index in [0.717, 1.165) is 12.8 Å². The molecular weight excluding hydrogens is 246 g/mol. The van der Waals surface area contributed by atoms with Gasteiger partial charge in [0.05, 0.1) is 0 Å². The molecule has 2 aromatic carbocycles. The Labute approximate surface area is 120 Å². The van der Waals surface area contributed by atoms with Gasteiger partial charge >= 0.3 is 0 Å². The molecule has 2 heteroatoms. The summed E-state index contributed by atoms with van der Waals surface area (Å²) in [5.41, 5.74) is 2.73. The van der Waals surface area contributed by atoms with Gasteiger partial charge in [0.15, 0.2) is 0 Å². The number of aromatic hydroxyl groups is 1. The second-order valence-corrected chi connectivity index (χ2v) is 5.68. The highest BCUT2D eigenvalue weighted by molar-refractivity contribution is 5.26. The first-order valence-electron chi connectivity index (χ1n) is 7.32. The van der Waals surface area contributed by atoms with Crippen LogP contribution in [0.25, 0.3) is 0 Å². The second kappa shape index (κ2) is 5.68. The highest BCUT2D eigenvalue weighted by Gasteiger charge is 2.38. The summed E-state index contributed by atoms with van der Waals surface area (Å²) in [5.74, 6) is 0.344. The van der Waals surface area contributed by atoms with Crippen molar-refractivity contribution in [2.24, 2.45) is 0 Å². The number of rotatable bonds is 5. The lowest BCUT2D eigenvalue weighted by atomic mass is 10.1. The molecule has 104 valence electrons. The van der Waals surface area contributed by atoms with E-state index in [9.17, 15) is 5.11 Å². The van der Waals surface area contributed by atoms with Gasteiger partial charge in [-0.1, -0.05) is 42.5 Å². The zero-order valence-electron chi connectivity index (χ0n) is 11.9. The van der Waals surface area contributed by atoms with Gasteiger partial charge in [0.25, 0.3) is 0 Å². The Morgan fingerprint density at radius 3 is 2.50 bits per heavy atom. The Bertz CT molecular complexity index is 549. The van der Waals surface area contributed by atoms with Crippen LogP contribution in [-0.2, 0) is 6.42 Å². The fourth-order valence-corrected chi connectivity index (χ4v) is 2.82. The molecular formula is C18H21NO. The van der Waals surface area contributed by atoms with Crippen LogP contribution < -0.4 is 0 Å². The van der Waals surface area contributed by atoms with Crippen LogP contribution in [0, 0.1) is 0 Å². The van der Waals surface area contributed by atoms with Gasteiger partial charge in [0.1, 0.15) is 5.75 Å². The number of nitrogens with zero attached hydrogens (tertiary/aromatic N) is 1. The van der Waals surface area contributed by atoms with Gasteiger partial charge in [-0.2, -0.15) is 0 Å². The molecule has 1 N–H and O–H groups in total. The van der Waals surface area contributed by atoms with Gasteiger partial charge < -0.3 is 5.11 Å². The van der Waals surface area contributed by atoms with Crippen molar-refractivity contribution in [3.8, 4) is 5.75 Å². The highest BCUT2D eigenvalue weighted by atomic mass is 16.3. The molecule has 2 nitrogen and oxygen atoms in total. The minimum absolute atomic E-state index is 0.344. The summed E-state index contributed by atoms with van der Waals surface area (Å²) in [6.07, 6.45) is 2.23. The molecule has 1 heterocycles. The molecule has 3 rings (SSSR count). The fraction of sp³-hybridized carbons (Fsp3) is 0.333. The lowest BCUT2D eigenvalue weighted by Crippen LogP contribution is -2.15. The molecule has 0 aliphatic carbocycles. The van der Waals surface area contributed by atoms with Gasteiger partial charge in [-0.3, -0.25) is 4.90 Å². The van der Waals surface area contributed by atoms with Gasteiger partial charge in [0.2, 0.25) is 0 Å². The van der Waals surface area contributed by atoms with E-state index in [0.29, 0.717) is 17.8 Å². The SMILES string of the molecule is CC(CCc1ccc(O)cc1)[N@]1CC1c1ccccc1. The Hall–Kier alpha value is -1.80. The summed E-state index contributed by atoms with van der Waals surface area (Å²) in [5, 5.41) is 9.28. The van der Waals surface area contributed by atoms with Crippen LogP contribution >= 0.6 is 0 Å². The third-order valence-electron chi connectivity index (χ3n) is 4.19. The number of benzene rings is 2. The molecule has 0 amide bonds. The molecule has 2 aromatic rings. The van der Waals surface area contributed by atoms with Crippen molar-refractivity contribution in [2.75, 3.05) is 6.54 Å². The third-order valence-corrected chi connectivity index (χ3v) is 4.19. The highest BCUT2D eigenvalue weighted by Crippen LogP contribution is 2.37.